The molecule has 0 fully saturated rings. The van der Waals surface area contributed by atoms with Gasteiger partial charge in [-0.15, -0.1) is 0 Å². The van der Waals surface area contributed by atoms with Gasteiger partial charge in [0.05, 0.1) is 5.75 Å². The molecule has 0 spiro atoms. The molecule has 0 saturated heterocycles. The Morgan fingerprint density at radius 2 is 1.94 bits per heavy atom. The average molecular weight is 306 g/mol. The van der Waals surface area contributed by atoms with Crippen molar-refractivity contribution in [2.24, 2.45) is 5.92 Å². The molecule has 0 aromatic heterocycles. The quantitative estimate of drug-likeness (QED) is 0.929. The van der Waals surface area contributed by atoms with Crippen LogP contribution in [-0.4, -0.2) is 14.2 Å². The smallest absolute Gasteiger partial charge is 0.232 e. The van der Waals surface area contributed by atoms with E-state index in [0.29, 0.717) is 5.69 Å². The molecule has 5 heteroatoms. The summed E-state index contributed by atoms with van der Waals surface area (Å²) in [6.07, 6.45) is 0. The van der Waals surface area contributed by atoms with Crippen molar-refractivity contribution in [2.75, 3.05) is 10.5 Å². The van der Waals surface area contributed by atoms with Crippen molar-refractivity contribution >= 4 is 31.6 Å². The lowest BCUT2D eigenvalue weighted by molar-refractivity contribution is 0.587. The lowest BCUT2D eigenvalue weighted by Crippen LogP contribution is -2.20. The number of aryl methyl sites for hydroxylation is 1. The zero-order valence-corrected chi connectivity index (χ0v) is 12.0. The summed E-state index contributed by atoms with van der Waals surface area (Å²) in [5, 5.41) is 0. The third-order valence-electron chi connectivity index (χ3n) is 1.87. The first-order chi connectivity index (χ1) is 7.28. The van der Waals surface area contributed by atoms with Crippen LogP contribution in [0, 0.1) is 12.8 Å². The number of hydrogen-bond acceptors (Lipinski definition) is 2. The molecular formula is C11H16BrNO2S. The second-order valence-electron chi connectivity index (χ2n) is 4.29. The zero-order chi connectivity index (χ0) is 12.3. The summed E-state index contributed by atoms with van der Waals surface area (Å²) in [6, 6.07) is 5.49. The first-order valence-electron chi connectivity index (χ1n) is 5.06. The molecule has 1 rings (SSSR count). The summed E-state index contributed by atoms with van der Waals surface area (Å²) in [5.41, 5.74) is 1.61. The van der Waals surface area contributed by atoms with Crippen molar-refractivity contribution in [3.8, 4) is 0 Å². The van der Waals surface area contributed by atoms with E-state index in [1.165, 1.54) is 0 Å². The first kappa shape index (κ1) is 13.5. The van der Waals surface area contributed by atoms with Gasteiger partial charge >= 0.3 is 0 Å². The maximum atomic E-state index is 11.7. The maximum absolute atomic E-state index is 11.7. The van der Waals surface area contributed by atoms with Crippen molar-refractivity contribution in [3.05, 3.63) is 28.2 Å². The number of hydrogen-bond donors (Lipinski definition) is 1. The van der Waals surface area contributed by atoms with Gasteiger partial charge in [-0.3, -0.25) is 4.72 Å². The molecule has 0 heterocycles. The Morgan fingerprint density at radius 3 is 2.44 bits per heavy atom. The van der Waals surface area contributed by atoms with Gasteiger partial charge in [0.2, 0.25) is 10.0 Å². The molecule has 0 unspecified atom stereocenters. The molecule has 0 bridgehead atoms. The summed E-state index contributed by atoms with van der Waals surface area (Å²) in [7, 11) is -3.24. The second kappa shape index (κ2) is 5.19. The van der Waals surface area contributed by atoms with Crippen LogP contribution in [0.3, 0.4) is 0 Å². The zero-order valence-electron chi connectivity index (χ0n) is 9.62. The van der Waals surface area contributed by atoms with Gasteiger partial charge in [-0.1, -0.05) is 29.8 Å². The third-order valence-corrected chi connectivity index (χ3v) is 3.98. The van der Waals surface area contributed by atoms with E-state index in [0.717, 1.165) is 10.0 Å². The largest absolute Gasteiger partial charge is 0.283 e. The highest BCUT2D eigenvalue weighted by Gasteiger charge is 2.13. The Bertz CT molecular complexity index is 449. The fraction of sp³-hybridized carbons (Fsp3) is 0.455. The summed E-state index contributed by atoms with van der Waals surface area (Å²) >= 11 is 3.34. The van der Waals surface area contributed by atoms with Crippen LogP contribution in [0.2, 0.25) is 0 Å². The number of halogens is 1. The molecule has 0 aliphatic heterocycles. The summed E-state index contributed by atoms with van der Waals surface area (Å²) in [4.78, 5) is 0. The minimum Gasteiger partial charge on any atom is -0.283 e. The fourth-order valence-corrected chi connectivity index (χ4v) is 3.50. The van der Waals surface area contributed by atoms with Crippen molar-refractivity contribution < 1.29 is 8.42 Å². The molecular weight excluding hydrogens is 290 g/mol. The molecule has 0 atom stereocenters. The Morgan fingerprint density at radius 1 is 1.31 bits per heavy atom. The van der Waals surface area contributed by atoms with E-state index in [2.05, 4.69) is 20.7 Å². The number of rotatable bonds is 4. The second-order valence-corrected chi connectivity index (χ2v) is 6.98. The Hall–Kier alpha value is -0.550. The van der Waals surface area contributed by atoms with Gasteiger partial charge in [-0.25, -0.2) is 8.42 Å². The molecule has 1 N–H and O–H groups in total. The minimum absolute atomic E-state index is 0.116. The van der Waals surface area contributed by atoms with E-state index in [1.807, 2.05) is 32.9 Å². The van der Waals surface area contributed by atoms with E-state index in [4.69, 9.17) is 0 Å². The van der Waals surface area contributed by atoms with Crippen LogP contribution in [0.4, 0.5) is 5.69 Å². The third kappa shape index (κ3) is 4.53. The van der Waals surface area contributed by atoms with E-state index in [9.17, 15) is 8.42 Å². The monoisotopic (exact) mass is 305 g/mol. The molecule has 3 nitrogen and oxygen atoms in total. The Labute approximate surface area is 105 Å². The normalized spacial score (nSPS) is 11.8. The molecule has 90 valence electrons. The van der Waals surface area contributed by atoms with Crippen LogP contribution in [0.25, 0.3) is 0 Å². The predicted octanol–water partition coefficient (Wildman–Crippen LogP) is 3.16. The standard InChI is InChI=1S/C11H16BrNO2S/c1-8(2)7-16(14,15)13-11-5-9(3)4-10(12)6-11/h4-6,8,13H,7H2,1-3H3. The molecule has 16 heavy (non-hydrogen) atoms. The van der Waals surface area contributed by atoms with Crippen LogP contribution < -0.4 is 4.72 Å². The molecule has 0 aliphatic carbocycles. The van der Waals surface area contributed by atoms with E-state index >= 15 is 0 Å². The van der Waals surface area contributed by atoms with Crippen LogP contribution in [0.5, 0.6) is 0 Å². The summed E-state index contributed by atoms with van der Waals surface area (Å²) in [6.45, 7) is 5.68. The first-order valence-corrected chi connectivity index (χ1v) is 7.51. The van der Waals surface area contributed by atoms with Crippen LogP contribution in [0.1, 0.15) is 19.4 Å². The highest BCUT2D eigenvalue weighted by atomic mass is 79.9. The number of anilines is 1. The number of nitrogens with one attached hydrogen (secondary N) is 1. The van der Waals surface area contributed by atoms with E-state index in [1.54, 1.807) is 6.07 Å². The topological polar surface area (TPSA) is 46.2 Å². The molecule has 0 aliphatic rings. The van der Waals surface area contributed by atoms with Gasteiger partial charge in [0, 0.05) is 10.2 Å². The van der Waals surface area contributed by atoms with Crippen LogP contribution >= 0.6 is 15.9 Å². The Balaban J connectivity index is 2.88. The van der Waals surface area contributed by atoms with Gasteiger partial charge in [-0.2, -0.15) is 0 Å². The Kier molecular flexibility index (Phi) is 4.38. The molecule has 0 radical (unpaired) electrons. The highest BCUT2D eigenvalue weighted by Crippen LogP contribution is 2.20. The summed E-state index contributed by atoms with van der Waals surface area (Å²) in [5.74, 6) is 0.254. The van der Waals surface area contributed by atoms with Crippen molar-refractivity contribution in [1.29, 1.82) is 0 Å². The van der Waals surface area contributed by atoms with Crippen molar-refractivity contribution in [2.45, 2.75) is 20.8 Å². The fourth-order valence-electron chi connectivity index (χ4n) is 1.46. The van der Waals surface area contributed by atoms with E-state index in [-0.39, 0.29) is 11.7 Å². The molecule has 0 saturated carbocycles. The lowest BCUT2D eigenvalue weighted by Gasteiger charge is -2.10. The number of sulfonamides is 1. The molecule has 1 aromatic carbocycles. The molecule has 0 amide bonds. The van der Waals surface area contributed by atoms with Gasteiger partial charge in [-0.05, 0) is 36.6 Å². The van der Waals surface area contributed by atoms with Crippen molar-refractivity contribution in [1.82, 2.24) is 0 Å². The van der Waals surface area contributed by atoms with E-state index < -0.39 is 10.0 Å². The van der Waals surface area contributed by atoms with Gasteiger partial charge in [0.1, 0.15) is 0 Å². The summed E-state index contributed by atoms with van der Waals surface area (Å²) < 4.78 is 26.9. The minimum atomic E-state index is -3.24. The maximum Gasteiger partial charge on any atom is 0.232 e. The van der Waals surface area contributed by atoms with Crippen molar-refractivity contribution in [3.63, 3.8) is 0 Å². The van der Waals surface area contributed by atoms with Crippen LogP contribution in [-0.2, 0) is 10.0 Å². The number of benzene rings is 1. The van der Waals surface area contributed by atoms with Gasteiger partial charge in [0.15, 0.2) is 0 Å². The van der Waals surface area contributed by atoms with Crippen LogP contribution in [0.15, 0.2) is 22.7 Å². The molecule has 1 aromatic rings. The van der Waals surface area contributed by atoms with Gasteiger partial charge < -0.3 is 0 Å². The predicted molar refractivity (Wildman–Crippen MR) is 71.1 cm³/mol. The lowest BCUT2D eigenvalue weighted by atomic mass is 10.2. The van der Waals surface area contributed by atoms with Gasteiger partial charge in [0.25, 0.3) is 0 Å². The SMILES string of the molecule is Cc1cc(Br)cc(NS(=O)(=O)CC(C)C)c1. The average Bonchev–Trinajstić information content (AvgIpc) is 1.95. The highest BCUT2D eigenvalue weighted by molar-refractivity contribution is 9.10.